The van der Waals surface area contributed by atoms with Gasteiger partial charge in [-0.05, 0) is 25.7 Å². The van der Waals surface area contributed by atoms with E-state index in [4.69, 9.17) is 0 Å². The number of aromatic nitrogens is 2. The highest BCUT2D eigenvalue weighted by Crippen LogP contribution is 2.22. The smallest absolute Gasteiger partial charge is 0.326 e. The standard InChI is InChI=1S/C14H20N4O3/c1-9-3-4-18(12(5-9)13(19)20)14(21)17-8-11-7-15-10(2)6-16-11/h6-7,9,12H,3-5,8H2,1-2H3,(H,17,21)(H,19,20). The number of rotatable bonds is 3. The monoisotopic (exact) mass is 292 g/mol. The van der Waals surface area contributed by atoms with E-state index in [-0.39, 0.29) is 12.6 Å². The second kappa shape index (κ2) is 6.51. The van der Waals surface area contributed by atoms with Crippen molar-refractivity contribution in [2.75, 3.05) is 6.54 Å². The van der Waals surface area contributed by atoms with Gasteiger partial charge in [0, 0.05) is 12.7 Å². The van der Waals surface area contributed by atoms with Crippen LogP contribution in [0.1, 0.15) is 31.2 Å². The third kappa shape index (κ3) is 3.90. The normalized spacial score (nSPS) is 21.9. The van der Waals surface area contributed by atoms with E-state index in [0.717, 1.165) is 12.1 Å². The summed E-state index contributed by atoms with van der Waals surface area (Å²) in [5.41, 5.74) is 1.45. The van der Waals surface area contributed by atoms with Crippen LogP contribution in [0.25, 0.3) is 0 Å². The maximum atomic E-state index is 12.2. The molecule has 1 aromatic heterocycles. The Labute approximate surface area is 123 Å². The minimum absolute atomic E-state index is 0.241. The van der Waals surface area contributed by atoms with Crippen molar-refractivity contribution < 1.29 is 14.7 Å². The average molecular weight is 292 g/mol. The highest BCUT2D eigenvalue weighted by Gasteiger charge is 2.34. The molecule has 0 aromatic carbocycles. The third-order valence-corrected chi connectivity index (χ3v) is 3.67. The minimum atomic E-state index is -0.952. The van der Waals surface area contributed by atoms with Crippen LogP contribution in [-0.2, 0) is 11.3 Å². The van der Waals surface area contributed by atoms with Crippen LogP contribution in [0, 0.1) is 12.8 Å². The Bertz CT molecular complexity index is 517. The van der Waals surface area contributed by atoms with E-state index in [1.165, 1.54) is 4.90 Å². The van der Waals surface area contributed by atoms with Crippen molar-refractivity contribution in [3.63, 3.8) is 0 Å². The molecule has 2 rings (SSSR count). The van der Waals surface area contributed by atoms with Gasteiger partial charge in [-0.25, -0.2) is 9.59 Å². The number of likely N-dealkylation sites (tertiary alicyclic amines) is 1. The number of hydrogen-bond acceptors (Lipinski definition) is 4. The van der Waals surface area contributed by atoms with Gasteiger partial charge in [-0.2, -0.15) is 0 Å². The first-order valence-corrected chi connectivity index (χ1v) is 7.02. The fourth-order valence-corrected chi connectivity index (χ4v) is 2.40. The molecule has 2 amide bonds. The number of amides is 2. The van der Waals surface area contributed by atoms with E-state index in [1.807, 2.05) is 13.8 Å². The summed E-state index contributed by atoms with van der Waals surface area (Å²) < 4.78 is 0. The quantitative estimate of drug-likeness (QED) is 0.872. The van der Waals surface area contributed by atoms with Gasteiger partial charge in [0.25, 0.3) is 0 Å². The summed E-state index contributed by atoms with van der Waals surface area (Å²) in [7, 11) is 0. The summed E-state index contributed by atoms with van der Waals surface area (Å²) in [5, 5.41) is 12.0. The Morgan fingerprint density at radius 2 is 2.19 bits per heavy atom. The molecule has 2 heterocycles. The maximum Gasteiger partial charge on any atom is 0.326 e. The summed E-state index contributed by atoms with van der Waals surface area (Å²) in [6.45, 7) is 4.54. The van der Waals surface area contributed by atoms with Crippen molar-refractivity contribution >= 4 is 12.0 Å². The number of aryl methyl sites for hydroxylation is 1. The predicted octanol–water partition coefficient (Wildman–Crippen LogP) is 1.18. The molecule has 1 aromatic rings. The topological polar surface area (TPSA) is 95.4 Å². The lowest BCUT2D eigenvalue weighted by molar-refractivity contribution is -0.143. The van der Waals surface area contributed by atoms with Crippen molar-refractivity contribution in [2.24, 2.45) is 5.92 Å². The van der Waals surface area contributed by atoms with Crippen LogP contribution in [0.4, 0.5) is 4.79 Å². The van der Waals surface area contributed by atoms with Crippen LogP contribution in [0.5, 0.6) is 0 Å². The van der Waals surface area contributed by atoms with E-state index in [0.29, 0.717) is 24.6 Å². The number of carboxylic acid groups (broad SMARTS) is 1. The number of hydrogen-bond donors (Lipinski definition) is 2. The SMILES string of the molecule is Cc1cnc(CNC(=O)N2CCC(C)CC2C(=O)O)cn1. The largest absolute Gasteiger partial charge is 0.480 e. The number of piperidine rings is 1. The van der Waals surface area contributed by atoms with E-state index in [2.05, 4.69) is 15.3 Å². The number of urea groups is 1. The average Bonchev–Trinajstić information content (AvgIpc) is 2.46. The van der Waals surface area contributed by atoms with Crippen LogP contribution < -0.4 is 5.32 Å². The molecule has 0 spiro atoms. The molecule has 0 aliphatic carbocycles. The first-order chi connectivity index (χ1) is 9.97. The Hall–Kier alpha value is -2.18. The Morgan fingerprint density at radius 3 is 2.81 bits per heavy atom. The zero-order valence-electron chi connectivity index (χ0n) is 12.2. The van der Waals surface area contributed by atoms with Gasteiger partial charge >= 0.3 is 12.0 Å². The first kappa shape index (κ1) is 15.2. The molecule has 1 aliphatic heterocycles. The zero-order valence-corrected chi connectivity index (χ0v) is 12.2. The molecule has 1 fully saturated rings. The molecule has 1 saturated heterocycles. The number of carbonyl (C=O) groups is 2. The molecular formula is C14H20N4O3. The maximum absolute atomic E-state index is 12.2. The van der Waals surface area contributed by atoms with Crippen molar-refractivity contribution in [2.45, 2.75) is 39.3 Å². The first-order valence-electron chi connectivity index (χ1n) is 7.02. The highest BCUT2D eigenvalue weighted by molar-refractivity contribution is 5.82. The molecule has 21 heavy (non-hydrogen) atoms. The molecule has 2 unspecified atom stereocenters. The Morgan fingerprint density at radius 1 is 1.43 bits per heavy atom. The minimum Gasteiger partial charge on any atom is -0.480 e. The van der Waals surface area contributed by atoms with Crippen molar-refractivity contribution in [3.8, 4) is 0 Å². The van der Waals surface area contributed by atoms with Gasteiger partial charge in [0.15, 0.2) is 0 Å². The number of carbonyl (C=O) groups excluding carboxylic acids is 1. The van der Waals surface area contributed by atoms with Gasteiger partial charge in [-0.1, -0.05) is 6.92 Å². The lowest BCUT2D eigenvalue weighted by atomic mass is 9.93. The molecule has 2 atom stereocenters. The molecule has 0 saturated carbocycles. The fraction of sp³-hybridized carbons (Fsp3) is 0.571. The summed E-state index contributed by atoms with van der Waals surface area (Å²) >= 11 is 0. The van der Waals surface area contributed by atoms with Crippen LogP contribution in [0.15, 0.2) is 12.4 Å². The van der Waals surface area contributed by atoms with E-state index in [1.54, 1.807) is 12.4 Å². The number of carboxylic acids is 1. The van der Waals surface area contributed by atoms with Crippen molar-refractivity contribution in [3.05, 3.63) is 23.8 Å². The summed E-state index contributed by atoms with van der Waals surface area (Å²) in [5.74, 6) is -0.634. The molecule has 1 aliphatic rings. The molecule has 0 radical (unpaired) electrons. The Kier molecular flexibility index (Phi) is 4.72. The van der Waals surface area contributed by atoms with Gasteiger partial charge < -0.3 is 15.3 Å². The highest BCUT2D eigenvalue weighted by atomic mass is 16.4. The van der Waals surface area contributed by atoms with Crippen molar-refractivity contribution in [1.29, 1.82) is 0 Å². The van der Waals surface area contributed by atoms with E-state index in [9.17, 15) is 14.7 Å². The van der Waals surface area contributed by atoms with Crippen molar-refractivity contribution in [1.82, 2.24) is 20.2 Å². The van der Waals surface area contributed by atoms with Crippen LogP contribution in [0.3, 0.4) is 0 Å². The number of nitrogens with zero attached hydrogens (tertiary/aromatic N) is 3. The van der Waals surface area contributed by atoms with Crippen LogP contribution >= 0.6 is 0 Å². The van der Waals surface area contributed by atoms with Gasteiger partial charge in [0.05, 0.1) is 24.1 Å². The molecular weight excluding hydrogens is 272 g/mol. The van der Waals surface area contributed by atoms with E-state index >= 15 is 0 Å². The van der Waals surface area contributed by atoms with Gasteiger partial charge in [-0.3, -0.25) is 9.97 Å². The summed E-state index contributed by atoms with van der Waals surface area (Å²) in [6.07, 6.45) is 4.54. The molecule has 7 nitrogen and oxygen atoms in total. The second-order valence-corrected chi connectivity index (χ2v) is 5.48. The number of aliphatic carboxylic acids is 1. The van der Waals surface area contributed by atoms with Gasteiger partial charge in [-0.15, -0.1) is 0 Å². The van der Waals surface area contributed by atoms with Crippen LogP contribution in [-0.4, -0.2) is 44.6 Å². The number of nitrogens with one attached hydrogen (secondary N) is 1. The summed E-state index contributed by atoms with van der Waals surface area (Å²) in [4.78, 5) is 33.1. The second-order valence-electron chi connectivity index (χ2n) is 5.48. The Balaban J connectivity index is 1.95. The molecule has 114 valence electrons. The van der Waals surface area contributed by atoms with E-state index < -0.39 is 12.0 Å². The lowest BCUT2D eigenvalue weighted by Gasteiger charge is -2.35. The zero-order chi connectivity index (χ0) is 15.4. The van der Waals surface area contributed by atoms with Crippen LogP contribution in [0.2, 0.25) is 0 Å². The van der Waals surface area contributed by atoms with Gasteiger partial charge in [0.2, 0.25) is 0 Å². The third-order valence-electron chi connectivity index (χ3n) is 3.67. The molecule has 2 N–H and O–H groups in total. The summed E-state index contributed by atoms with van der Waals surface area (Å²) in [6, 6.07) is -1.12. The fourth-order valence-electron chi connectivity index (χ4n) is 2.40. The predicted molar refractivity (Wildman–Crippen MR) is 75.5 cm³/mol. The molecule has 7 heteroatoms. The van der Waals surface area contributed by atoms with Gasteiger partial charge in [0.1, 0.15) is 6.04 Å². The lowest BCUT2D eigenvalue weighted by Crippen LogP contribution is -2.53. The molecule has 0 bridgehead atoms.